The van der Waals surface area contributed by atoms with E-state index < -0.39 is 0 Å². The second-order valence-electron chi connectivity index (χ2n) is 7.00. The fraction of sp³-hybridized carbons (Fsp3) is 0.227. The van der Waals surface area contributed by atoms with Crippen LogP contribution in [0.3, 0.4) is 0 Å². The van der Waals surface area contributed by atoms with Crippen LogP contribution in [0.15, 0.2) is 66.6 Å². The van der Waals surface area contributed by atoms with Crippen molar-refractivity contribution in [1.82, 2.24) is 24.6 Å². The number of thiazole rings is 1. The van der Waals surface area contributed by atoms with Crippen molar-refractivity contribution >= 4 is 11.3 Å². The van der Waals surface area contributed by atoms with Crippen molar-refractivity contribution in [3.05, 3.63) is 88.6 Å². The van der Waals surface area contributed by atoms with E-state index in [4.69, 9.17) is 4.74 Å². The van der Waals surface area contributed by atoms with Gasteiger partial charge in [-0.1, -0.05) is 12.1 Å². The van der Waals surface area contributed by atoms with E-state index in [1.165, 1.54) is 24.0 Å². The predicted molar refractivity (Wildman–Crippen MR) is 114 cm³/mol. The molecule has 0 amide bonds. The van der Waals surface area contributed by atoms with E-state index in [2.05, 4.69) is 51.5 Å². The second-order valence-corrected chi connectivity index (χ2v) is 7.94. The zero-order valence-corrected chi connectivity index (χ0v) is 17.6. The van der Waals surface area contributed by atoms with Gasteiger partial charge < -0.3 is 4.74 Å². The van der Waals surface area contributed by atoms with Crippen LogP contribution in [0.1, 0.15) is 29.2 Å². The highest BCUT2D eigenvalue weighted by Gasteiger charge is 2.14. The van der Waals surface area contributed by atoms with Gasteiger partial charge in [-0.05, 0) is 55.9 Å². The number of ether oxygens (including phenoxy) is 1. The van der Waals surface area contributed by atoms with Crippen LogP contribution >= 0.6 is 11.3 Å². The molecule has 4 aromatic rings. The molecule has 4 rings (SSSR count). The van der Waals surface area contributed by atoms with Gasteiger partial charge in [0.2, 0.25) is 0 Å². The van der Waals surface area contributed by atoms with Gasteiger partial charge in [-0.15, -0.1) is 11.3 Å². The number of rotatable bonds is 8. The fourth-order valence-electron chi connectivity index (χ4n) is 3.06. The summed E-state index contributed by atoms with van der Waals surface area (Å²) < 4.78 is 20.4. The number of nitrogens with zero attached hydrogens (tertiary/aromatic N) is 5. The Morgan fingerprint density at radius 3 is 2.60 bits per heavy atom. The lowest BCUT2D eigenvalue weighted by molar-refractivity contribution is 0.249. The highest BCUT2D eigenvalue weighted by Crippen LogP contribution is 2.23. The minimum absolute atomic E-state index is 0.232. The summed E-state index contributed by atoms with van der Waals surface area (Å²) >= 11 is 1.57. The van der Waals surface area contributed by atoms with Gasteiger partial charge in [0.25, 0.3) is 0 Å². The highest BCUT2D eigenvalue weighted by atomic mass is 32.1. The third-order valence-electron chi connectivity index (χ3n) is 4.91. The van der Waals surface area contributed by atoms with Crippen LogP contribution in [0.25, 0.3) is 5.69 Å². The predicted octanol–water partition coefficient (Wildman–Crippen LogP) is 4.63. The molecule has 8 heteroatoms. The van der Waals surface area contributed by atoms with Gasteiger partial charge in [-0.3, -0.25) is 4.90 Å². The summed E-state index contributed by atoms with van der Waals surface area (Å²) in [4.78, 5) is 10.9. The van der Waals surface area contributed by atoms with E-state index in [1.807, 2.05) is 12.1 Å². The molecule has 0 saturated carbocycles. The van der Waals surface area contributed by atoms with Crippen LogP contribution in [-0.4, -0.2) is 31.7 Å². The standard InChI is InChI=1S/C22H22FN5OS/c1-16(17-3-7-20(8-4-17)28-15-24-14-25-28)27(2)11-19-13-30-22(26-19)12-29-21-9-5-18(23)6-10-21/h3-10,13-16H,11-12H2,1-2H3/t16-/m1/s1. The monoisotopic (exact) mass is 423 g/mol. The molecular weight excluding hydrogens is 401 g/mol. The Hall–Kier alpha value is -3.10. The maximum absolute atomic E-state index is 13.0. The zero-order valence-electron chi connectivity index (χ0n) is 16.8. The summed E-state index contributed by atoms with van der Waals surface area (Å²) in [7, 11) is 2.09. The van der Waals surface area contributed by atoms with E-state index in [-0.39, 0.29) is 11.9 Å². The van der Waals surface area contributed by atoms with Crippen molar-refractivity contribution < 1.29 is 9.13 Å². The molecule has 154 valence electrons. The Labute approximate surface area is 178 Å². The molecule has 0 unspecified atom stereocenters. The summed E-state index contributed by atoms with van der Waals surface area (Å²) in [6, 6.07) is 14.6. The van der Waals surface area contributed by atoms with Crippen LogP contribution in [-0.2, 0) is 13.2 Å². The maximum atomic E-state index is 13.0. The summed E-state index contributed by atoms with van der Waals surface area (Å²) in [6.07, 6.45) is 3.21. The lowest BCUT2D eigenvalue weighted by Crippen LogP contribution is -2.22. The van der Waals surface area contributed by atoms with Gasteiger partial charge >= 0.3 is 0 Å². The van der Waals surface area contributed by atoms with Crippen molar-refractivity contribution in [2.75, 3.05) is 7.05 Å². The van der Waals surface area contributed by atoms with Crippen molar-refractivity contribution in [2.24, 2.45) is 0 Å². The first-order valence-electron chi connectivity index (χ1n) is 9.55. The molecule has 0 saturated heterocycles. The summed E-state index contributed by atoms with van der Waals surface area (Å²) in [6.45, 7) is 3.29. The summed E-state index contributed by atoms with van der Waals surface area (Å²) in [5, 5.41) is 7.11. The minimum atomic E-state index is -0.274. The quantitative estimate of drug-likeness (QED) is 0.413. The average Bonchev–Trinajstić information content (AvgIpc) is 3.45. The first kappa shape index (κ1) is 20.2. The van der Waals surface area contributed by atoms with E-state index in [0.717, 1.165) is 22.9 Å². The number of hydrogen-bond acceptors (Lipinski definition) is 6. The Morgan fingerprint density at radius 2 is 1.90 bits per heavy atom. The molecule has 30 heavy (non-hydrogen) atoms. The molecule has 0 bridgehead atoms. The highest BCUT2D eigenvalue weighted by molar-refractivity contribution is 7.09. The number of aromatic nitrogens is 4. The molecule has 0 spiro atoms. The van der Waals surface area contributed by atoms with E-state index >= 15 is 0 Å². The lowest BCUT2D eigenvalue weighted by Gasteiger charge is -2.24. The number of benzene rings is 2. The molecule has 0 aliphatic heterocycles. The molecule has 0 N–H and O–H groups in total. The first-order valence-corrected chi connectivity index (χ1v) is 10.4. The zero-order chi connectivity index (χ0) is 20.9. The third-order valence-corrected chi connectivity index (χ3v) is 5.78. The number of halogens is 1. The topological polar surface area (TPSA) is 56.1 Å². The van der Waals surface area contributed by atoms with E-state index in [0.29, 0.717) is 12.4 Å². The molecular formula is C22H22FN5OS. The Morgan fingerprint density at radius 1 is 1.13 bits per heavy atom. The fourth-order valence-corrected chi connectivity index (χ4v) is 3.75. The smallest absolute Gasteiger partial charge is 0.140 e. The van der Waals surface area contributed by atoms with Gasteiger partial charge in [0, 0.05) is 18.0 Å². The third kappa shape index (κ3) is 4.90. The Balaban J connectivity index is 1.33. The van der Waals surface area contributed by atoms with Crippen LogP contribution in [0.5, 0.6) is 5.75 Å². The molecule has 1 atom stereocenters. The minimum Gasteiger partial charge on any atom is -0.486 e. The normalized spacial score (nSPS) is 12.3. The van der Waals surface area contributed by atoms with Crippen LogP contribution < -0.4 is 4.74 Å². The van der Waals surface area contributed by atoms with Gasteiger partial charge in [-0.25, -0.2) is 19.0 Å². The molecule has 2 aromatic heterocycles. The molecule has 0 aliphatic carbocycles. The second kappa shape index (κ2) is 9.15. The van der Waals surface area contributed by atoms with Crippen molar-refractivity contribution in [1.29, 1.82) is 0 Å². The first-order chi connectivity index (χ1) is 14.6. The maximum Gasteiger partial charge on any atom is 0.140 e. The molecule has 2 aromatic carbocycles. The van der Waals surface area contributed by atoms with E-state index in [9.17, 15) is 4.39 Å². The molecule has 0 aliphatic rings. The van der Waals surface area contributed by atoms with Crippen LogP contribution in [0.4, 0.5) is 4.39 Å². The molecule has 0 fully saturated rings. The number of hydrogen-bond donors (Lipinski definition) is 0. The van der Waals surface area contributed by atoms with Gasteiger partial charge in [-0.2, -0.15) is 5.10 Å². The molecule has 2 heterocycles. The van der Waals surface area contributed by atoms with Crippen molar-refractivity contribution in [3.63, 3.8) is 0 Å². The van der Waals surface area contributed by atoms with E-state index in [1.54, 1.807) is 34.5 Å². The van der Waals surface area contributed by atoms with Gasteiger partial charge in [0.05, 0.1) is 11.4 Å². The molecule has 0 radical (unpaired) electrons. The molecule has 6 nitrogen and oxygen atoms in total. The summed E-state index contributed by atoms with van der Waals surface area (Å²) in [5.74, 6) is 0.359. The Kier molecular flexibility index (Phi) is 6.15. The average molecular weight is 424 g/mol. The van der Waals surface area contributed by atoms with Crippen molar-refractivity contribution in [2.45, 2.75) is 26.1 Å². The summed E-state index contributed by atoms with van der Waals surface area (Å²) in [5.41, 5.74) is 3.21. The largest absolute Gasteiger partial charge is 0.486 e. The van der Waals surface area contributed by atoms with Gasteiger partial charge in [0.1, 0.15) is 35.8 Å². The van der Waals surface area contributed by atoms with Crippen molar-refractivity contribution in [3.8, 4) is 11.4 Å². The Bertz CT molecular complexity index is 1060. The lowest BCUT2D eigenvalue weighted by atomic mass is 10.1. The van der Waals surface area contributed by atoms with Gasteiger partial charge in [0.15, 0.2) is 0 Å². The SMILES string of the molecule is C[C@H](c1ccc(-n2cncn2)cc1)N(C)Cc1csc(COc2ccc(F)cc2)n1. The van der Waals surface area contributed by atoms with Crippen LogP contribution in [0, 0.1) is 5.82 Å². The van der Waals surface area contributed by atoms with Crippen LogP contribution in [0.2, 0.25) is 0 Å².